The van der Waals surface area contributed by atoms with Gasteiger partial charge in [-0.15, -0.1) is 0 Å². The lowest BCUT2D eigenvalue weighted by molar-refractivity contribution is -0.146. The van der Waals surface area contributed by atoms with Crippen molar-refractivity contribution in [2.75, 3.05) is 20.8 Å². The highest BCUT2D eigenvalue weighted by molar-refractivity contribution is 5.81. The van der Waals surface area contributed by atoms with Gasteiger partial charge in [-0.3, -0.25) is 4.79 Å². The molecule has 0 saturated carbocycles. The molecule has 2 atom stereocenters. The van der Waals surface area contributed by atoms with Crippen molar-refractivity contribution in [3.63, 3.8) is 0 Å². The first-order valence-corrected chi connectivity index (χ1v) is 5.66. The predicted molar refractivity (Wildman–Crippen MR) is 59.0 cm³/mol. The summed E-state index contributed by atoms with van der Waals surface area (Å²) in [5, 5.41) is 2.84. The fraction of sp³-hybridized carbons (Fsp3) is 0.909. The Hall–Kier alpha value is -0.650. The SMILES string of the molecule is COC(OC)C(C)NC(=O)C1CCCCO1. The third kappa shape index (κ3) is 3.73. The maximum Gasteiger partial charge on any atom is 0.249 e. The number of ether oxygens (including phenoxy) is 3. The summed E-state index contributed by atoms with van der Waals surface area (Å²) in [5.74, 6) is -0.0775. The molecule has 1 aliphatic heterocycles. The molecule has 1 saturated heterocycles. The van der Waals surface area contributed by atoms with Gasteiger partial charge in [-0.25, -0.2) is 0 Å². The highest BCUT2D eigenvalue weighted by Crippen LogP contribution is 2.13. The monoisotopic (exact) mass is 231 g/mol. The Labute approximate surface area is 96.4 Å². The maximum absolute atomic E-state index is 11.8. The molecule has 1 aliphatic rings. The molecule has 0 spiro atoms. The van der Waals surface area contributed by atoms with Crippen LogP contribution >= 0.6 is 0 Å². The van der Waals surface area contributed by atoms with Crippen LogP contribution in [0.3, 0.4) is 0 Å². The number of amides is 1. The molecule has 5 heteroatoms. The van der Waals surface area contributed by atoms with E-state index in [1.807, 2.05) is 6.92 Å². The van der Waals surface area contributed by atoms with Gasteiger partial charge in [0.25, 0.3) is 0 Å². The van der Waals surface area contributed by atoms with E-state index in [0.717, 1.165) is 19.3 Å². The Morgan fingerprint density at radius 3 is 2.56 bits per heavy atom. The summed E-state index contributed by atoms with van der Waals surface area (Å²) < 4.78 is 15.5. The first-order valence-electron chi connectivity index (χ1n) is 5.66. The van der Waals surface area contributed by atoms with Crippen LogP contribution in [-0.4, -0.2) is 45.2 Å². The molecule has 1 fully saturated rings. The number of rotatable bonds is 5. The van der Waals surface area contributed by atoms with Crippen LogP contribution in [0.25, 0.3) is 0 Å². The zero-order chi connectivity index (χ0) is 12.0. The molecule has 1 amide bonds. The van der Waals surface area contributed by atoms with E-state index < -0.39 is 6.29 Å². The van der Waals surface area contributed by atoms with E-state index in [1.54, 1.807) is 14.2 Å². The van der Waals surface area contributed by atoms with Gasteiger partial charge in [0.15, 0.2) is 6.29 Å². The Kier molecular flexibility index (Phi) is 5.73. The Bertz CT molecular complexity index is 212. The number of carbonyl (C=O) groups excluding carboxylic acids is 1. The van der Waals surface area contributed by atoms with Crippen molar-refractivity contribution in [3.8, 4) is 0 Å². The van der Waals surface area contributed by atoms with Crippen molar-refractivity contribution in [1.29, 1.82) is 0 Å². The summed E-state index contributed by atoms with van der Waals surface area (Å²) in [4.78, 5) is 11.8. The average Bonchev–Trinajstić information content (AvgIpc) is 2.31. The molecule has 2 unspecified atom stereocenters. The minimum atomic E-state index is -0.424. The summed E-state index contributed by atoms with van der Waals surface area (Å²) in [6.07, 6.45) is 2.14. The van der Waals surface area contributed by atoms with E-state index in [1.165, 1.54) is 0 Å². The maximum atomic E-state index is 11.8. The molecule has 16 heavy (non-hydrogen) atoms. The van der Waals surface area contributed by atoms with E-state index in [4.69, 9.17) is 14.2 Å². The van der Waals surface area contributed by atoms with Crippen LogP contribution < -0.4 is 5.32 Å². The van der Waals surface area contributed by atoms with E-state index in [0.29, 0.717) is 6.61 Å². The first kappa shape index (κ1) is 13.4. The fourth-order valence-electron chi connectivity index (χ4n) is 1.84. The second-order valence-electron chi connectivity index (χ2n) is 3.99. The summed E-state index contributed by atoms with van der Waals surface area (Å²) in [7, 11) is 3.10. The van der Waals surface area contributed by atoms with Crippen LogP contribution in [0.4, 0.5) is 0 Å². The number of nitrogens with one attached hydrogen (secondary N) is 1. The topological polar surface area (TPSA) is 56.8 Å². The van der Waals surface area contributed by atoms with Gasteiger partial charge in [0, 0.05) is 20.8 Å². The largest absolute Gasteiger partial charge is 0.368 e. The molecule has 1 rings (SSSR count). The van der Waals surface area contributed by atoms with Gasteiger partial charge >= 0.3 is 0 Å². The zero-order valence-electron chi connectivity index (χ0n) is 10.2. The lowest BCUT2D eigenvalue weighted by Gasteiger charge is -2.26. The lowest BCUT2D eigenvalue weighted by Crippen LogP contribution is -2.48. The first-order chi connectivity index (χ1) is 7.69. The third-order valence-corrected chi connectivity index (χ3v) is 2.71. The van der Waals surface area contributed by atoms with Crippen molar-refractivity contribution >= 4 is 5.91 Å². The summed E-state index contributed by atoms with van der Waals surface area (Å²) >= 11 is 0. The molecule has 94 valence electrons. The van der Waals surface area contributed by atoms with Crippen molar-refractivity contribution in [1.82, 2.24) is 5.32 Å². The summed E-state index contributed by atoms with van der Waals surface area (Å²) in [6, 6.07) is -0.187. The smallest absolute Gasteiger partial charge is 0.249 e. The molecule has 0 aromatic carbocycles. The van der Waals surface area contributed by atoms with E-state index in [9.17, 15) is 4.79 Å². The van der Waals surface area contributed by atoms with Crippen LogP contribution in [0.5, 0.6) is 0 Å². The molecule has 0 aliphatic carbocycles. The van der Waals surface area contributed by atoms with Gasteiger partial charge in [0.1, 0.15) is 6.10 Å². The van der Waals surface area contributed by atoms with Gasteiger partial charge < -0.3 is 19.5 Å². The highest BCUT2D eigenvalue weighted by Gasteiger charge is 2.25. The minimum Gasteiger partial charge on any atom is -0.368 e. The van der Waals surface area contributed by atoms with Crippen LogP contribution in [-0.2, 0) is 19.0 Å². The standard InChI is InChI=1S/C11H21NO4/c1-8(11(14-2)15-3)12-10(13)9-6-4-5-7-16-9/h8-9,11H,4-7H2,1-3H3,(H,12,13). The Morgan fingerprint density at radius 1 is 1.38 bits per heavy atom. The quantitative estimate of drug-likeness (QED) is 0.707. The molecule has 0 aromatic heterocycles. The molecule has 0 aromatic rings. The summed E-state index contributed by atoms with van der Waals surface area (Å²) in [5.41, 5.74) is 0. The van der Waals surface area contributed by atoms with Crippen molar-refractivity contribution < 1.29 is 19.0 Å². The lowest BCUT2D eigenvalue weighted by atomic mass is 10.1. The minimum absolute atomic E-state index is 0.0775. The number of hydrogen-bond donors (Lipinski definition) is 1. The Balaban J connectivity index is 2.37. The molecular weight excluding hydrogens is 210 g/mol. The number of carbonyl (C=O) groups is 1. The molecule has 5 nitrogen and oxygen atoms in total. The van der Waals surface area contributed by atoms with Gasteiger partial charge in [0.05, 0.1) is 6.04 Å². The van der Waals surface area contributed by atoms with E-state index >= 15 is 0 Å². The molecular formula is C11H21NO4. The van der Waals surface area contributed by atoms with Crippen molar-refractivity contribution in [3.05, 3.63) is 0 Å². The fourth-order valence-corrected chi connectivity index (χ4v) is 1.84. The van der Waals surface area contributed by atoms with E-state index in [2.05, 4.69) is 5.32 Å². The van der Waals surface area contributed by atoms with Gasteiger partial charge in [-0.1, -0.05) is 0 Å². The van der Waals surface area contributed by atoms with Crippen LogP contribution in [0.1, 0.15) is 26.2 Å². The normalized spacial score (nSPS) is 23.1. The predicted octanol–water partition coefficient (Wildman–Crippen LogP) is 0.679. The van der Waals surface area contributed by atoms with Crippen LogP contribution in [0.2, 0.25) is 0 Å². The second kappa shape index (κ2) is 6.83. The van der Waals surface area contributed by atoms with Crippen molar-refractivity contribution in [2.24, 2.45) is 0 Å². The zero-order valence-corrected chi connectivity index (χ0v) is 10.2. The van der Waals surface area contributed by atoms with Crippen LogP contribution in [0.15, 0.2) is 0 Å². The van der Waals surface area contributed by atoms with Gasteiger partial charge in [0.2, 0.25) is 5.91 Å². The molecule has 1 heterocycles. The van der Waals surface area contributed by atoms with Crippen molar-refractivity contribution in [2.45, 2.75) is 44.6 Å². The average molecular weight is 231 g/mol. The molecule has 1 N–H and O–H groups in total. The molecule has 0 radical (unpaired) electrons. The summed E-state index contributed by atoms with van der Waals surface area (Å²) in [6.45, 7) is 2.52. The van der Waals surface area contributed by atoms with Crippen LogP contribution in [0, 0.1) is 0 Å². The number of methoxy groups -OCH3 is 2. The second-order valence-corrected chi connectivity index (χ2v) is 3.99. The Morgan fingerprint density at radius 2 is 2.06 bits per heavy atom. The van der Waals surface area contributed by atoms with Gasteiger partial charge in [-0.2, -0.15) is 0 Å². The third-order valence-electron chi connectivity index (χ3n) is 2.71. The van der Waals surface area contributed by atoms with Gasteiger partial charge in [-0.05, 0) is 26.2 Å². The molecule has 0 bridgehead atoms. The number of hydrogen-bond acceptors (Lipinski definition) is 4. The highest BCUT2D eigenvalue weighted by atomic mass is 16.7. The van der Waals surface area contributed by atoms with E-state index in [-0.39, 0.29) is 18.1 Å².